The van der Waals surface area contributed by atoms with Crippen molar-refractivity contribution in [2.45, 2.75) is 19.0 Å². The Morgan fingerprint density at radius 1 is 1.24 bits per heavy atom. The van der Waals surface area contributed by atoms with Crippen molar-refractivity contribution in [3.63, 3.8) is 0 Å². The normalized spacial score (nSPS) is 10.9. The van der Waals surface area contributed by atoms with Gasteiger partial charge in [-0.2, -0.15) is 5.10 Å². The lowest BCUT2D eigenvalue weighted by Crippen LogP contribution is -2.23. The van der Waals surface area contributed by atoms with Crippen molar-refractivity contribution < 1.29 is 14.3 Å². The fraction of sp³-hybridized carbons (Fsp3) is 0.217. The van der Waals surface area contributed by atoms with Crippen LogP contribution < -0.4 is 20.3 Å². The van der Waals surface area contributed by atoms with Gasteiger partial charge in [0.15, 0.2) is 10.8 Å². The number of rotatable bonds is 8. The summed E-state index contributed by atoms with van der Waals surface area (Å²) in [6, 6.07) is 14.6. The number of para-hydroxylation sites is 2. The zero-order valence-corrected chi connectivity index (χ0v) is 19.3. The molecule has 0 aliphatic carbocycles. The molecule has 9 nitrogen and oxygen atoms in total. The Morgan fingerprint density at radius 3 is 2.85 bits per heavy atom. The molecule has 0 saturated carbocycles. The highest BCUT2D eigenvalue weighted by atomic mass is 32.2. The number of carbonyl (C=O) groups excluding carboxylic acids is 1. The van der Waals surface area contributed by atoms with Crippen LogP contribution >= 0.6 is 11.8 Å². The van der Waals surface area contributed by atoms with E-state index in [4.69, 9.17) is 14.9 Å². The molecular formula is C23H24N6O3S. The first-order chi connectivity index (χ1) is 16.0. The van der Waals surface area contributed by atoms with Gasteiger partial charge < -0.3 is 14.8 Å². The first kappa shape index (κ1) is 22.4. The monoisotopic (exact) mass is 464 g/mol. The van der Waals surface area contributed by atoms with Crippen LogP contribution in [0.1, 0.15) is 12.6 Å². The van der Waals surface area contributed by atoms with E-state index in [0.29, 0.717) is 45.7 Å². The number of H-pyrrole nitrogens is 1. The first-order valence-electron chi connectivity index (χ1n) is 10.3. The fourth-order valence-electron chi connectivity index (χ4n) is 3.40. The maximum atomic E-state index is 12.7. The summed E-state index contributed by atoms with van der Waals surface area (Å²) in [4.78, 5) is 17.3. The van der Waals surface area contributed by atoms with Crippen molar-refractivity contribution in [1.29, 1.82) is 5.41 Å². The highest BCUT2D eigenvalue weighted by molar-refractivity contribution is 7.99. The second kappa shape index (κ2) is 9.78. The molecule has 0 unspecified atom stereocenters. The maximum Gasteiger partial charge on any atom is 0.234 e. The van der Waals surface area contributed by atoms with Crippen LogP contribution in [-0.4, -0.2) is 45.1 Å². The highest BCUT2D eigenvalue weighted by Crippen LogP contribution is 2.27. The molecule has 33 heavy (non-hydrogen) atoms. The summed E-state index contributed by atoms with van der Waals surface area (Å²) >= 11 is 1.22. The van der Waals surface area contributed by atoms with Crippen molar-refractivity contribution in [3.05, 3.63) is 59.7 Å². The van der Waals surface area contributed by atoms with Gasteiger partial charge in [-0.3, -0.25) is 19.9 Å². The van der Waals surface area contributed by atoms with Gasteiger partial charge in [0, 0.05) is 17.4 Å². The number of ether oxygens (including phenoxy) is 2. The number of nitrogens with one attached hydrogen (secondary N) is 3. The van der Waals surface area contributed by atoms with Gasteiger partial charge in [0.2, 0.25) is 5.91 Å². The minimum absolute atomic E-state index is 0.0926. The van der Waals surface area contributed by atoms with Gasteiger partial charge in [-0.25, -0.2) is 4.98 Å². The van der Waals surface area contributed by atoms with Gasteiger partial charge in [0.25, 0.3) is 0 Å². The zero-order chi connectivity index (χ0) is 23.4. The lowest BCUT2D eigenvalue weighted by molar-refractivity contribution is -0.113. The summed E-state index contributed by atoms with van der Waals surface area (Å²) in [6.07, 6.45) is 0. The Morgan fingerprint density at radius 2 is 2.06 bits per heavy atom. The Kier molecular flexibility index (Phi) is 6.64. The second-order valence-electron chi connectivity index (χ2n) is 7.10. The highest BCUT2D eigenvalue weighted by Gasteiger charge is 2.18. The molecule has 3 N–H and O–H groups in total. The zero-order valence-electron chi connectivity index (χ0n) is 18.5. The topological polar surface area (TPSA) is 118 Å². The molecule has 10 heteroatoms. The molecule has 0 aliphatic rings. The number of benzene rings is 2. The average molecular weight is 465 g/mol. The molecule has 0 spiro atoms. The molecule has 0 atom stereocenters. The lowest BCUT2D eigenvalue weighted by atomic mass is 10.2. The Hall–Kier alpha value is -3.79. The van der Waals surface area contributed by atoms with Crippen LogP contribution in [0, 0.1) is 12.3 Å². The molecule has 2 heterocycles. The van der Waals surface area contributed by atoms with Crippen molar-refractivity contribution in [3.8, 4) is 17.2 Å². The van der Waals surface area contributed by atoms with E-state index >= 15 is 0 Å². The summed E-state index contributed by atoms with van der Waals surface area (Å²) < 4.78 is 12.7. The summed E-state index contributed by atoms with van der Waals surface area (Å²) in [5.41, 5.74) is 2.71. The third kappa shape index (κ3) is 4.70. The van der Waals surface area contributed by atoms with Crippen LogP contribution in [0.2, 0.25) is 0 Å². The lowest BCUT2D eigenvalue weighted by Gasteiger charge is -2.16. The Balaban J connectivity index is 1.69. The van der Waals surface area contributed by atoms with Gasteiger partial charge >= 0.3 is 0 Å². The number of hydrogen-bond acceptors (Lipinski definition) is 7. The fourth-order valence-corrected chi connectivity index (χ4v) is 4.20. The van der Waals surface area contributed by atoms with E-state index < -0.39 is 0 Å². The minimum Gasteiger partial charge on any atom is -0.497 e. The van der Waals surface area contributed by atoms with Gasteiger partial charge in [-0.05, 0) is 38.1 Å². The third-order valence-corrected chi connectivity index (χ3v) is 5.81. The van der Waals surface area contributed by atoms with E-state index in [1.807, 2.05) is 50.2 Å². The van der Waals surface area contributed by atoms with Gasteiger partial charge in [0.1, 0.15) is 17.0 Å². The number of thioether (sulfide) groups is 1. The van der Waals surface area contributed by atoms with E-state index in [0.717, 1.165) is 5.69 Å². The van der Waals surface area contributed by atoms with Gasteiger partial charge in [0.05, 0.1) is 30.5 Å². The minimum atomic E-state index is -0.204. The molecule has 4 aromatic rings. The predicted molar refractivity (Wildman–Crippen MR) is 127 cm³/mol. The molecule has 0 bridgehead atoms. The standard InChI is InChI=1S/C23H24N6O3S/c1-4-32-18-11-6-5-10-17(18)29-21(24)20-14(2)27-28-22(20)26-23(29)33-13-19(30)25-15-8-7-9-16(12-15)31-3/h5-12,24H,4,13H2,1-3H3,(H,25,30)(H,27,28). The molecule has 4 rings (SSSR count). The van der Waals surface area contributed by atoms with Crippen LogP contribution in [0.25, 0.3) is 16.7 Å². The molecule has 1 amide bonds. The Bertz CT molecular complexity index is 1360. The molecule has 2 aromatic carbocycles. The van der Waals surface area contributed by atoms with Crippen LogP contribution in [0.15, 0.2) is 53.7 Å². The quantitative estimate of drug-likeness (QED) is 0.270. The molecule has 0 radical (unpaired) electrons. The van der Waals surface area contributed by atoms with E-state index in [2.05, 4.69) is 20.5 Å². The smallest absolute Gasteiger partial charge is 0.234 e. The number of aromatic nitrogens is 4. The number of carbonyl (C=O) groups is 1. The predicted octanol–water partition coefficient (Wildman–Crippen LogP) is 3.67. The second-order valence-corrected chi connectivity index (χ2v) is 8.04. The van der Waals surface area contributed by atoms with Crippen LogP contribution in [0.3, 0.4) is 0 Å². The number of anilines is 1. The van der Waals surface area contributed by atoms with Crippen LogP contribution in [-0.2, 0) is 4.79 Å². The summed E-state index contributed by atoms with van der Waals surface area (Å²) in [5.74, 6) is 1.17. The van der Waals surface area contributed by atoms with E-state index in [1.165, 1.54) is 11.8 Å². The number of nitrogens with zero attached hydrogens (tertiary/aromatic N) is 3. The number of methoxy groups -OCH3 is 1. The number of amides is 1. The van der Waals surface area contributed by atoms with Crippen LogP contribution in [0.5, 0.6) is 11.5 Å². The summed E-state index contributed by atoms with van der Waals surface area (Å²) in [6.45, 7) is 4.24. The number of fused-ring (bicyclic) bond motifs is 1. The molecule has 170 valence electrons. The van der Waals surface area contributed by atoms with Gasteiger partial charge in [-0.1, -0.05) is 30.0 Å². The van der Waals surface area contributed by atoms with Crippen molar-refractivity contribution in [2.75, 3.05) is 24.8 Å². The SMILES string of the molecule is CCOc1ccccc1-n1c(SCC(=O)Nc2cccc(OC)c2)nc2n[nH]c(C)c2c1=N. The maximum absolute atomic E-state index is 12.7. The molecule has 0 fully saturated rings. The molecular weight excluding hydrogens is 440 g/mol. The van der Waals surface area contributed by atoms with Crippen molar-refractivity contribution >= 4 is 34.4 Å². The molecule has 2 aromatic heterocycles. The first-order valence-corrected chi connectivity index (χ1v) is 11.3. The summed E-state index contributed by atoms with van der Waals surface area (Å²) in [5, 5.41) is 20.0. The average Bonchev–Trinajstić information content (AvgIpc) is 3.19. The number of aromatic amines is 1. The van der Waals surface area contributed by atoms with E-state index in [1.54, 1.807) is 23.8 Å². The van der Waals surface area contributed by atoms with Crippen LogP contribution in [0.4, 0.5) is 5.69 Å². The summed E-state index contributed by atoms with van der Waals surface area (Å²) in [7, 11) is 1.58. The van der Waals surface area contributed by atoms with Gasteiger partial charge in [-0.15, -0.1) is 0 Å². The number of hydrogen-bond donors (Lipinski definition) is 3. The Labute approximate surface area is 194 Å². The third-order valence-electron chi connectivity index (χ3n) is 4.87. The van der Waals surface area contributed by atoms with Crippen molar-refractivity contribution in [2.24, 2.45) is 0 Å². The van der Waals surface area contributed by atoms with E-state index in [9.17, 15) is 4.79 Å². The largest absolute Gasteiger partial charge is 0.497 e. The molecule has 0 aliphatic heterocycles. The van der Waals surface area contributed by atoms with E-state index in [-0.39, 0.29) is 17.1 Å². The molecule has 0 saturated heterocycles. The van der Waals surface area contributed by atoms with Crippen molar-refractivity contribution in [1.82, 2.24) is 19.7 Å². The number of aryl methyl sites for hydroxylation is 1.